The molecule has 1 aromatic rings. The van der Waals surface area contributed by atoms with E-state index in [1.807, 2.05) is 0 Å². The van der Waals surface area contributed by atoms with Gasteiger partial charge in [0, 0.05) is 6.54 Å². The molecule has 0 fully saturated rings. The number of fused-ring (bicyclic) bond motifs is 1. The first kappa shape index (κ1) is 13.2. The molecule has 2 rings (SSSR count). The van der Waals surface area contributed by atoms with Crippen molar-refractivity contribution in [1.29, 1.82) is 0 Å². The van der Waals surface area contributed by atoms with Crippen LogP contribution in [0.15, 0.2) is 12.1 Å². The Morgan fingerprint density at radius 3 is 2.61 bits per heavy atom. The first-order valence-electron chi connectivity index (χ1n) is 6.61. The van der Waals surface area contributed by atoms with E-state index in [1.165, 1.54) is 11.1 Å². The number of aryl methyl sites for hydroxylation is 1. The lowest BCUT2D eigenvalue weighted by Gasteiger charge is -2.20. The Kier molecular flexibility index (Phi) is 4.84. The van der Waals surface area contributed by atoms with Gasteiger partial charge in [-0.25, -0.2) is 0 Å². The number of nitrogens with one attached hydrogen (secondary N) is 1. The molecule has 0 unspecified atom stereocenters. The fraction of sp³-hybridized carbons (Fsp3) is 0.571. The van der Waals surface area contributed by atoms with Crippen molar-refractivity contribution >= 4 is 0 Å². The second kappa shape index (κ2) is 6.61. The van der Waals surface area contributed by atoms with Gasteiger partial charge >= 0.3 is 0 Å². The molecule has 0 spiro atoms. The van der Waals surface area contributed by atoms with Crippen LogP contribution < -0.4 is 20.5 Å². The number of hydrogen-bond donors (Lipinski definition) is 2. The smallest absolute Gasteiger partial charge is 0.161 e. The summed E-state index contributed by atoms with van der Waals surface area (Å²) >= 11 is 0. The van der Waals surface area contributed by atoms with Gasteiger partial charge in [-0.05, 0) is 56.1 Å². The molecule has 1 aromatic carbocycles. The van der Waals surface area contributed by atoms with Gasteiger partial charge in [0.2, 0.25) is 0 Å². The van der Waals surface area contributed by atoms with E-state index in [9.17, 15) is 0 Å². The summed E-state index contributed by atoms with van der Waals surface area (Å²) in [6, 6.07) is 4.14. The average Bonchev–Trinajstić information content (AvgIpc) is 2.39. The lowest BCUT2D eigenvalue weighted by molar-refractivity contribution is 0.171. The normalized spacial score (nSPS) is 13.7. The molecule has 0 aliphatic carbocycles. The minimum absolute atomic E-state index is 0.638. The number of unbranched alkanes of at least 4 members (excludes halogenated alkanes) is 1. The minimum Gasteiger partial charge on any atom is -0.486 e. The first-order valence-corrected chi connectivity index (χ1v) is 6.61. The molecule has 3 N–H and O–H groups in total. The zero-order valence-corrected chi connectivity index (χ0v) is 11.0. The quantitative estimate of drug-likeness (QED) is 0.753. The zero-order valence-electron chi connectivity index (χ0n) is 11.0. The van der Waals surface area contributed by atoms with Crippen molar-refractivity contribution in [2.45, 2.75) is 26.3 Å². The second-order valence-corrected chi connectivity index (χ2v) is 4.59. The van der Waals surface area contributed by atoms with Gasteiger partial charge in [0.05, 0.1) is 0 Å². The molecule has 0 amide bonds. The predicted octanol–water partition coefficient (Wildman–Crippen LogP) is 1.59. The number of hydrogen-bond acceptors (Lipinski definition) is 4. The topological polar surface area (TPSA) is 56.5 Å². The summed E-state index contributed by atoms with van der Waals surface area (Å²) in [6.07, 6.45) is 2.20. The molecule has 0 saturated heterocycles. The third kappa shape index (κ3) is 3.37. The lowest BCUT2D eigenvalue weighted by Crippen LogP contribution is -2.18. The molecule has 1 aliphatic heterocycles. The number of nitrogens with two attached hydrogens (primary N) is 1. The maximum atomic E-state index is 5.59. The van der Waals surface area contributed by atoms with Crippen molar-refractivity contribution in [3.8, 4) is 11.5 Å². The van der Waals surface area contributed by atoms with Crippen molar-refractivity contribution < 1.29 is 9.47 Å². The fourth-order valence-electron chi connectivity index (χ4n) is 2.04. The van der Waals surface area contributed by atoms with Gasteiger partial charge < -0.3 is 20.5 Å². The Hall–Kier alpha value is -1.26. The van der Waals surface area contributed by atoms with E-state index in [2.05, 4.69) is 24.4 Å². The van der Waals surface area contributed by atoms with E-state index in [4.69, 9.17) is 15.2 Å². The molecule has 4 nitrogen and oxygen atoms in total. The monoisotopic (exact) mass is 250 g/mol. The van der Waals surface area contributed by atoms with Crippen LogP contribution in [0.25, 0.3) is 0 Å². The van der Waals surface area contributed by atoms with Crippen molar-refractivity contribution in [3.63, 3.8) is 0 Å². The van der Waals surface area contributed by atoms with Crippen LogP contribution in [0.2, 0.25) is 0 Å². The van der Waals surface area contributed by atoms with Crippen molar-refractivity contribution in [1.82, 2.24) is 5.32 Å². The minimum atomic E-state index is 0.638. The molecule has 100 valence electrons. The Morgan fingerprint density at radius 2 is 1.89 bits per heavy atom. The van der Waals surface area contributed by atoms with E-state index < -0.39 is 0 Å². The summed E-state index contributed by atoms with van der Waals surface area (Å²) in [5, 5.41) is 3.43. The molecular weight excluding hydrogens is 228 g/mol. The average molecular weight is 250 g/mol. The number of benzene rings is 1. The van der Waals surface area contributed by atoms with Crippen LogP contribution in [-0.4, -0.2) is 26.3 Å². The SMILES string of the molecule is Cc1cc2c(cc1CNCCCCN)OCCO2. The predicted molar refractivity (Wildman–Crippen MR) is 72.2 cm³/mol. The van der Waals surface area contributed by atoms with Crippen molar-refractivity contribution in [3.05, 3.63) is 23.3 Å². The molecule has 18 heavy (non-hydrogen) atoms. The van der Waals surface area contributed by atoms with E-state index in [0.717, 1.165) is 44.0 Å². The highest BCUT2D eigenvalue weighted by Gasteiger charge is 2.13. The summed E-state index contributed by atoms with van der Waals surface area (Å²) in [4.78, 5) is 0. The highest BCUT2D eigenvalue weighted by Crippen LogP contribution is 2.32. The van der Waals surface area contributed by atoms with Gasteiger partial charge in [-0.15, -0.1) is 0 Å². The van der Waals surface area contributed by atoms with Gasteiger partial charge in [0.15, 0.2) is 11.5 Å². The number of rotatable bonds is 6. The van der Waals surface area contributed by atoms with E-state index in [1.54, 1.807) is 0 Å². The summed E-state index contributed by atoms with van der Waals surface area (Å²) < 4.78 is 11.2. The maximum absolute atomic E-state index is 5.59. The van der Waals surface area contributed by atoms with Crippen molar-refractivity contribution in [2.75, 3.05) is 26.3 Å². The van der Waals surface area contributed by atoms with Gasteiger partial charge in [-0.3, -0.25) is 0 Å². The van der Waals surface area contributed by atoms with Crippen LogP contribution in [0.4, 0.5) is 0 Å². The lowest BCUT2D eigenvalue weighted by atomic mass is 10.1. The van der Waals surface area contributed by atoms with Crippen LogP contribution in [0.5, 0.6) is 11.5 Å². The van der Waals surface area contributed by atoms with E-state index >= 15 is 0 Å². The Balaban J connectivity index is 1.91. The van der Waals surface area contributed by atoms with Crippen LogP contribution in [-0.2, 0) is 6.54 Å². The van der Waals surface area contributed by atoms with E-state index in [0.29, 0.717) is 13.2 Å². The van der Waals surface area contributed by atoms with E-state index in [-0.39, 0.29) is 0 Å². The third-order valence-electron chi connectivity index (χ3n) is 3.12. The highest BCUT2D eigenvalue weighted by molar-refractivity contribution is 5.47. The molecule has 1 aliphatic rings. The largest absolute Gasteiger partial charge is 0.486 e. The Labute approximate surface area is 108 Å². The maximum Gasteiger partial charge on any atom is 0.161 e. The molecule has 1 heterocycles. The summed E-state index contributed by atoms with van der Waals surface area (Å²) in [6.45, 7) is 6.03. The third-order valence-corrected chi connectivity index (χ3v) is 3.12. The van der Waals surface area contributed by atoms with Gasteiger partial charge in [-0.1, -0.05) is 0 Å². The molecule has 4 heteroatoms. The van der Waals surface area contributed by atoms with Crippen LogP contribution in [0.1, 0.15) is 24.0 Å². The van der Waals surface area contributed by atoms with Gasteiger partial charge in [-0.2, -0.15) is 0 Å². The molecule has 0 saturated carbocycles. The molecule has 0 atom stereocenters. The summed E-state index contributed by atoms with van der Waals surface area (Å²) in [5.41, 5.74) is 7.98. The molecule has 0 aromatic heterocycles. The van der Waals surface area contributed by atoms with Gasteiger partial charge in [0.1, 0.15) is 13.2 Å². The Bertz CT molecular complexity index is 394. The molecule has 0 bridgehead atoms. The molecular formula is C14H22N2O2. The van der Waals surface area contributed by atoms with Gasteiger partial charge in [0.25, 0.3) is 0 Å². The fourth-order valence-corrected chi connectivity index (χ4v) is 2.04. The van der Waals surface area contributed by atoms with Crippen LogP contribution >= 0.6 is 0 Å². The highest BCUT2D eigenvalue weighted by atomic mass is 16.6. The Morgan fingerprint density at radius 1 is 1.17 bits per heavy atom. The van der Waals surface area contributed by atoms with Crippen LogP contribution in [0.3, 0.4) is 0 Å². The summed E-state index contributed by atoms with van der Waals surface area (Å²) in [7, 11) is 0. The van der Waals surface area contributed by atoms with Crippen LogP contribution in [0, 0.1) is 6.92 Å². The zero-order chi connectivity index (χ0) is 12.8. The standard InChI is InChI=1S/C14H22N2O2/c1-11-8-13-14(18-7-6-17-13)9-12(11)10-16-5-3-2-4-15/h8-9,16H,2-7,10,15H2,1H3. The summed E-state index contributed by atoms with van der Waals surface area (Å²) in [5.74, 6) is 1.73. The number of ether oxygens (including phenoxy) is 2. The second-order valence-electron chi connectivity index (χ2n) is 4.59. The first-order chi connectivity index (χ1) is 8.81. The van der Waals surface area contributed by atoms with Crippen molar-refractivity contribution in [2.24, 2.45) is 5.73 Å². The molecule has 0 radical (unpaired) electrons.